The van der Waals surface area contributed by atoms with Gasteiger partial charge in [0.1, 0.15) is 5.75 Å². The van der Waals surface area contributed by atoms with Crippen molar-refractivity contribution in [2.24, 2.45) is 0 Å². The van der Waals surface area contributed by atoms with Gasteiger partial charge in [0.2, 0.25) is 0 Å². The molecule has 6 nitrogen and oxygen atoms in total. The number of ether oxygens (including phenoxy) is 1. The third-order valence-electron chi connectivity index (χ3n) is 6.09. The van der Waals surface area contributed by atoms with Crippen molar-refractivity contribution in [3.05, 3.63) is 90.0 Å². The number of nitrogens with zero attached hydrogens (tertiary/aromatic N) is 2. The van der Waals surface area contributed by atoms with E-state index >= 15 is 0 Å². The number of methoxy groups -OCH3 is 1. The maximum atomic E-state index is 14.0. The van der Waals surface area contributed by atoms with Gasteiger partial charge in [0.15, 0.2) is 0 Å². The molecule has 0 aliphatic carbocycles. The van der Waals surface area contributed by atoms with E-state index in [-0.39, 0.29) is 17.3 Å². The molecule has 0 spiro atoms. The lowest BCUT2D eigenvalue weighted by Crippen LogP contribution is -2.33. The van der Waals surface area contributed by atoms with Gasteiger partial charge < -0.3 is 9.64 Å². The average Bonchev–Trinajstić information content (AvgIpc) is 3.17. The van der Waals surface area contributed by atoms with Crippen molar-refractivity contribution in [1.82, 2.24) is 4.90 Å². The van der Waals surface area contributed by atoms with Crippen molar-refractivity contribution in [1.29, 1.82) is 0 Å². The number of anilines is 1. The van der Waals surface area contributed by atoms with Crippen LogP contribution < -0.4 is 9.04 Å². The number of amides is 1. The summed E-state index contributed by atoms with van der Waals surface area (Å²) in [6.45, 7) is 1.54. The third-order valence-corrected chi connectivity index (χ3v) is 7.84. The van der Waals surface area contributed by atoms with E-state index in [1.165, 1.54) is 17.5 Å². The molecular weight excluding hydrogens is 448 g/mol. The second-order valence-electron chi connectivity index (χ2n) is 8.40. The molecule has 1 heterocycles. The lowest BCUT2D eigenvalue weighted by Gasteiger charge is -2.26. The molecule has 4 rings (SSSR count). The van der Waals surface area contributed by atoms with Crippen LogP contribution in [0.5, 0.6) is 5.75 Å². The summed E-state index contributed by atoms with van der Waals surface area (Å²) in [5.41, 5.74) is 1.68. The lowest BCUT2D eigenvalue weighted by molar-refractivity contribution is 0.0761. The van der Waals surface area contributed by atoms with Crippen LogP contribution in [0.25, 0.3) is 0 Å². The number of carbonyl (C=O) groups excluding carboxylic acids is 1. The largest absolute Gasteiger partial charge is 0.495 e. The van der Waals surface area contributed by atoms with Gasteiger partial charge in [-0.3, -0.25) is 9.10 Å². The summed E-state index contributed by atoms with van der Waals surface area (Å²) >= 11 is 0. The molecule has 1 amide bonds. The quantitative estimate of drug-likeness (QED) is 0.473. The Kier molecular flexibility index (Phi) is 7.53. The number of carbonyl (C=O) groups is 1. The highest BCUT2D eigenvalue weighted by Gasteiger charge is 2.29. The Balaban J connectivity index is 1.73. The van der Waals surface area contributed by atoms with Crippen LogP contribution in [0.15, 0.2) is 83.8 Å². The predicted octanol–water partition coefficient (Wildman–Crippen LogP) is 5.11. The van der Waals surface area contributed by atoms with E-state index in [4.69, 9.17) is 4.74 Å². The summed E-state index contributed by atoms with van der Waals surface area (Å²) in [5.74, 6) is 0.338. The topological polar surface area (TPSA) is 66.9 Å². The van der Waals surface area contributed by atoms with Crippen molar-refractivity contribution >= 4 is 21.6 Å². The summed E-state index contributed by atoms with van der Waals surface area (Å²) in [6.07, 6.45) is 4.18. The second-order valence-corrected chi connectivity index (χ2v) is 10.3. The van der Waals surface area contributed by atoms with E-state index in [2.05, 4.69) is 0 Å². The molecule has 1 aliphatic rings. The average molecular weight is 479 g/mol. The van der Waals surface area contributed by atoms with Gasteiger partial charge in [-0.1, -0.05) is 61.4 Å². The normalized spacial score (nSPS) is 14.3. The molecule has 0 aromatic heterocycles. The summed E-state index contributed by atoms with van der Waals surface area (Å²) < 4.78 is 34.7. The molecule has 0 atom stereocenters. The zero-order valence-corrected chi connectivity index (χ0v) is 20.2. The Morgan fingerprint density at radius 3 is 2.26 bits per heavy atom. The van der Waals surface area contributed by atoms with E-state index in [9.17, 15) is 13.2 Å². The van der Waals surface area contributed by atoms with Crippen LogP contribution in [0.4, 0.5) is 5.69 Å². The monoisotopic (exact) mass is 478 g/mol. The molecule has 0 unspecified atom stereocenters. The Morgan fingerprint density at radius 2 is 1.56 bits per heavy atom. The Hall–Kier alpha value is -3.32. The van der Waals surface area contributed by atoms with Gasteiger partial charge in [0, 0.05) is 18.7 Å². The number of hydrogen-bond donors (Lipinski definition) is 0. The van der Waals surface area contributed by atoms with E-state index in [0.717, 1.165) is 31.2 Å². The summed E-state index contributed by atoms with van der Waals surface area (Å²) in [6, 6.07) is 22.8. The van der Waals surface area contributed by atoms with Crippen molar-refractivity contribution in [2.45, 2.75) is 37.1 Å². The SMILES string of the molecule is COc1ccccc1N(Cc1ccccc1)S(=O)(=O)c1cccc(C(=O)N2CCCCCC2)c1. The maximum Gasteiger partial charge on any atom is 0.264 e. The van der Waals surface area contributed by atoms with E-state index < -0.39 is 10.0 Å². The molecule has 34 heavy (non-hydrogen) atoms. The molecule has 0 bridgehead atoms. The third kappa shape index (κ3) is 5.25. The molecule has 1 saturated heterocycles. The molecule has 1 aliphatic heterocycles. The van der Waals surface area contributed by atoms with Gasteiger partial charge in [-0.05, 0) is 48.7 Å². The van der Waals surface area contributed by atoms with Gasteiger partial charge in [0.05, 0.1) is 24.2 Å². The Labute approximate surface area is 201 Å². The first kappa shape index (κ1) is 23.8. The van der Waals surface area contributed by atoms with Crippen molar-refractivity contribution in [2.75, 3.05) is 24.5 Å². The van der Waals surface area contributed by atoms with Gasteiger partial charge in [-0.15, -0.1) is 0 Å². The van der Waals surface area contributed by atoms with E-state index in [0.29, 0.717) is 30.1 Å². The first-order valence-corrected chi connectivity index (χ1v) is 13.0. The molecule has 178 valence electrons. The van der Waals surface area contributed by atoms with Gasteiger partial charge in [0.25, 0.3) is 15.9 Å². The minimum absolute atomic E-state index is 0.0787. The maximum absolute atomic E-state index is 14.0. The van der Waals surface area contributed by atoms with E-state index in [1.807, 2.05) is 35.2 Å². The number of hydrogen-bond acceptors (Lipinski definition) is 4. The fourth-order valence-corrected chi connectivity index (χ4v) is 5.77. The zero-order chi connectivity index (χ0) is 24.0. The van der Waals surface area contributed by atoms with Crippen LogP contribution in [-0.4, -0.2) is 39.4 Å². The smallest absolute Gasteiger partial charge is 0.264 e. The van der Waals surface area contributed by atoms with Gasteiger partial charge in [-0.2, -0.15) is 0 Å². The predicted molar refractivity (Wildman–Crippen MR) is 134 cm³/mol. The number of benzene rings is 3. The second kappa shape index (κ2) is 10.7. The van der Waals surface area contributed by atoms with Crippen LogP contribution >= 0.6 is 0 Å². The van der Waals surface area contributed by atoms with Gasteiger partial charge in [-0.25, -0.2) is 8.42 Å². The minimum atomic E-state index is -4.00. The number of sulfonamides is 1. The highest BCUT2D eigenvalue weighted by atomic mass is 32.2. The standard InChI is InChI=1S/C27H30N2O4S/c1-33-26-17-8-7-16-25(26)29(21-22-12-5-4-6-13-22)34(31,32)24-15-11-14-23(20-24)27(30)28-18-9-2-3-10-19-28/h4-8,11-17,20H,2-3,9-10,18-19,21H2,1H3. The molecule has 3 aromatic carbocycles. The summed E-state index contributed by atoms with van der Waals surface area (Å²) in [5, 5.41) is 0. The molecule has 0 saturated carbocycles. The van der Waals surface area contributed by atoms with Crippen LogP contribution in [-0.2, 0) is 16.6 Å². The molecule has 0 N–H and O–H groups in total. The molecule has 3 aromatic rings. The van der Waals surface area contributed by atoms with Crippen molar-refractivity contribution < 1.29 is 17.9 Å². The van der Waals surface area contributed by atoms with Crippen LogP contribution in [0.2, 0.25) is 0 Å². The van der Waals surface area contributed by atoms with Crippen LogP contribution in [0.1, 0.15) is 41.6 Å². The highest BCUT2D eigenvalue weighted by Crippen LogP contribution is 2.34. The van der Waals surface area contributed by atoms with Crippen LogP contribution in [0.3, 0.4) is 0 Å². The lowest BCUT2D eigenvalue weighted by atomic mass is 10.2. The fraction of sp³-hybridized carbons (Fsp3) is 0.296. The number of para-hydroxylation sites is 2. The van der Waals surface area contributed by atoms with Crippen molar-refractivity contribution in [3.8, 4) is 5.75 Å². The van der Waals surface area contributed by atoms with E-state index in [1.54, 1.807) is 42.5 Å². The minimum Gasteiger partial charge on any atom is -0.495 e. The first-order chi connectivity index (χ1) is 16.5. The van der Waals surface area contributed by atoms with Gasteiger partial charge >= 0.3 is 0 Å². The number of likely N-dealkylation sites (tertiary alicyclic amines) is 1. The molecule has 0 radical (unpaired) electrons. The Morgan fingerprint density at radius 1 is 0.882 bits per heavy atom. The zero-order valence-electron chi connectivity index (χ0n) is 19.4. The Bertz CT molecular complexity index is 1220. The summed E-state index contributed by atoms with van der Waals surface area (Å²) in [7, 11) is -2.48. The molecule has 7 heteroatoms. The number of rotatable bonds is 7. The van der Waals surface area contributed by atoms with Crippen LogP contribution in [0, 0.1) is 0 Å². The molecular formula is C27H30N2O4S. The first-order valence-electron chi connectivity index (χ1n) is 11.6. The summed E-state index contributed by atoms with van der Waals surface area (Å²) in [4.78, 5) is 15.1. The molecule has 1 fully saturated rings. The fourth-order valence-electron chi connectivity index (χ4n) is 4.26. The van der Waals surface area contributed by atoms with Crippen molar-refractivity contribution in [3.63, 3.8) is 0 Å². The highest BCUT2D eigenvalue weighted by molar-refractivity contribution is 7.92.